The van der Waals surface area contributed by atoms with Crippen LogP contribution in [0.4, 0.5) is 5.69 Å². The Balaban J connectivity index is 1.42. The number of piperidine rings is 1. The van der Waals surface area contributed by atoms with E-state index in [1.165, 1.54) is 5.01 Å². The van der Waals surface area contributed by atoms with Gasteiger partial charge in [0.2, 0.25) is 10.0 Å². The summed E-state index contributed by atoms with van der Waals surface area (Å²) in [6.45, 7) is 5.00. The van der Waals surface area contributed by atoms with Crippen LogP contribution in [0.2, 0.25) is 0 Å². The van der Waals surface area contributed by atoms with E-state index in [1.807, 2.05) is 72.9 Å². The minimum atomic E-state index is -3.65. The van der Waals surface area contributed by atoms with Crippen molar-refractivity contribution in [1.82, 2.24) is 14.1 Å². The third kappa shape index (κ3) is 5.26. The quantitative estimate of drug-likeness (QED) is 0.278. The highest BCUT2D eigenvalue weighted by Crippen LogP contribution is 2.32. The molecule has 208 valence electrons. The van der Waals surface area contributed by atoms with Gasteiger partial charge in [-0.1, -0.05) is 55.5 Å². The van der Waals surface area contributed by atoms with E-state index in [4.69, 9.17) is 5.10 Å². The van der Waals surface area contributed by atoms with Gasteiger partial charge in [-0.3, -0.25) is 4.79 Å². The number of para-hydroxylation sites is 2. The summed E-state index contributed by atoms with van der Waals surface area (Å²) in [5, 5.41) is 10.8. The smallest absolute Gasteiger partial charge is 0.267 e. The van der Waals surface area contributed by atoms with Crippen LogP contribution >= 0.6 is 0 Å². The largest absolute Gasteiger partial charge is 0.280 e. The molecule has 0 saturated carbocycles. The Morgan fingerprint density at radius 1 is 0.878 bits per heavy atom. The van der Waals surface area contributed by atoms with Crippen LogP contribution in [-0.4, -0.2) is 47.2 Å². The van der Waals surface area contributed by atoms with E-state index in [0.717, 1.165) is 18.5 Å². The molecule has 0 bridgehead atoms. The molecule has 2 aliphatic rings. The zero-order chi connectivity index (χ0) is 28.6. The van der Waals surface area contributed by atoms with Crippen molar-refractivity contribution in [3.05, 3.63) is 102 Å². The highest BCUT2D eigenvalue weighted by molar-refractivity contribution is 7.89. The molecule has 0 radical (unpaired) electrons. The predicted molar refractivity (Wildman–Crippen MR) is 161 cm³/mol. The Morgan fingerprint density at radius 3 is 2.22 bits per heavy atom. The van der Waals surface area contributed by atoms with Gasteiger partial charge in [-0.15, -0.1) is 0 Å². The average molecular weight is 566 g/mol. The van der Waals surface area contributed by atoms with E-state index in [1.54, 1.807) is 40.2 Å². The Hall–Kier alpha value is -4.34. The number of aromatic nitrogens is 2. The molecule has 1 saturated heterocycles. The molecule has 1 fully saturated rings. The normalized spacial score (nSPS) is 17.8. The van der Waals surface area contributed by atoms with Crippen LogP contribution in [0.15, 0.2) is 107 Å². The zero-order valence-electron chi connectivity index (χ0n) is 23.0. The molecule has 8 nitrogen and oxygen atoms in total. The number of rotatable bonds is 6. The second-order valence-electron chi connectivity index (χ2n) is 10.5. The number of hydrazone groups is 1. The van der Waals surface area contributed by atoms with E-state index in [2.05, 4.69) is 12.0 Å². The van der Waals surface area contributed by atoms with Gasteiger partial charge in [0, 0.05) is 30.4 Å². The van der Waals surface area contributed by atoms with Crippen molar-refractivity contribution in [2.75, 3.05) is 18.1 Å². The van der Waals surface area contributed by atoms with E-state index < -0.39 is 10.0 Å². The van der Waals surface area contributed by atoms with Gasteiger partial charge in [-0.2, -0.15) is 19.5 Å². The van der Waals surface area contributed by atoms with Crippen molar-refractivity contribution in [3.63, 3.8) is 0 Å². The first-order chi connectivity index (χ1) is 19.8. The number of amides is 1. The Labute approximate surface area is 240 Å². The second kappa shape index (κ2) is 10.9. The number of nitrogens with zero attached hydrogens (tertiary/aromatic N) is 5. The first-order valence-corrected chi connectivity index (χ1v) is 15.2. The van der Waals surface area contributed by atoms with E-state index in [0.29, 0.717) is 52.8 Å². The fourth-order valence-corrected chi connectivity index (χ4v) is 6.71. The number of carbonyl (C=O) groups is 1. The summed E-state index contributed by atoms with van der Waals surface area (Å²) >= 11 is 0. The molecule has 9 heteroatoms. The van der Waals surface area contributed by atoms with Gasteiger partial charge in [0.25, 0.3) is 5.91 Å². The minimum absolute atomic E-state index is 0.234. The van der Waals surface area contributed by atoms with Crippen LogP contribution in [0.3, 0.4) is 0 Å². The molecular weight excluding hydrogens is 534 g/mol. The van der Waals surface area contributed by atoms with Crippen molar-refractivity contribution in [3.8, 4) is 16.9 Å². The van der Waals surface area contributed by atoms with E-state index in [9.17, 15) is 13.2 Å². The summed E-state index contributed by atoms with van der Waals surface area (Å²) in [4.78, 5) is 13.7. The molecule has 0 spiro atoms. The van der Waals surface area contributed by atoms with Crippen molar-refractivity contribution in [2.45, 2.75) is 31.6 Å². The lowest BCUT2D eigenvalue weighted by atomic mass is 10.0. The monoisotopic (exact) mass is 565 g/mol. The van der Waals surface area contributed by atoms with Crippen LogP contribution in [-0.2, 0) is 14.8 Å². The van der Waals surface area contributed by atoms with Gasteiger partial charge >= 0.3 is 0 Å². The van der Waals surface area contributed by atoms with Gasteiger partial charge in [0.1, 0.15) is 5.69 Å². The number of anilines is 1. The van der Waals surface area contributed by atoms with Crippen LogP contribution in [0.25, 0.3) is 23.0 Å². The molecule has 1 aromatic heterocycles. The summed E-state index contributed by atoms with van der Waals surface area (Å²) in [5.41, 5.74) is 4.48. The topological polar surface area (TPSA) is 87.9 Å². The fraction of sp³-hybridized carbons (Fsp3) is 0.219. The van der Waals surface area contributed by atoms with Gasteiger partial charge in [0.15, 0.2) is 0 Å². The molecule has 6 rings (SSSR count). The molecule has 0 unspecified atom stereocenters. The minimum Gasteiger partial charge on any atom is -0.267 e. The van der Waals surface area contributed by atoms with Crippen molar-refractivity contribution in [1.29, 1.82) is 0 Å². The fourth-order valence-electron chi connectivity index (χ4n) is 5.19. The molecule has 2 aliphatic heterocycles. The summed E-state index contributed by atoms with van der Waals surface area (Å²) in [5.74, 6) is 0.288. The molecule has 1 amide bonds. The maximum atomic E-state index is 13.5. The molecule has 41 heavy (non-hydrogen) atoms. The van der Waals surface area contributed by atoms with Gasteiger partial charge < -0.3 is 0 Å². The number of hydrogen-bond donors (Lipinski definition) is 0. The van der Waals surface area contributed by atoms with E-state index >= 15 is 0 Å². The highest BCUT2D eigenvalue weighted by Gasteiger charge is 2.30. The average Bonchev–Trinajstić information content (AvgIpc) is 3.55. The van der Waals surface area contributed by atoms with Crippen LogP contribution in [0, 0.1) is 5.92 Å². The second-order valence-corrected chi connectivity index (χ2v) is 12.5. The summed E-state index contributed by atoms with van der Waals surface area (Å²) in [6.07, 6.45) is 5.36. The summed E-state index contributed by atoms with van der Waals surface area (Å²) < 4.78 is 30.4. The number of sulfonamides is 1. The Kier molecular flexibility index (Phi) is 7.15. The number of benzene rings is 3. The van der Waals surface area contributed by atoms with Crippen molar-refractivity contribution < 1.29 is 13.2 Å². The third-order valence-electron chi connectivity index (χ3n) is 7.61. The van der Waals surface area contributed by atoms with Crippen molar-refractivity contribution in [2.24, 2.45) is 11.0 Å². The van der Waals surface area contributed by atoms with Gasteiger partial charge in [0.05, 0.1) is 27.6 Å². The Bertz CT molecular complexity index is 1750. The highest BCUT2D eigenvalue weighted by atomic mass is 32.2. The lowest BCUT2D eigenvalue weighted by molar-refractivity contribution is -0.114. The summed E-state index contributed by atoms with van der Waals surface area (Å²) in [6, 6.07) is 25.9. The first-order valence-electron chi connectivity index (χ1n) is 13.7. The standard InChI is InChI=1S/C32H31N5O3S/c1-23-16-18-35(19-17-23)41(39,40)29-15-9-10-25(20-29)31-26(22-36(34-31)27-11-5-3-6-12-27)21-30-24(2)33-37(32(30)38)28-13-7-4-8-14-28/h3-15,20-23H,16-19H2,1-2H3/b30-21-. The Morgan fingerprint density at radius 2 is 1.54 bits per heavy atom. The first kappa shape index (κ1) is 26.9. The number of carbonyl (C=O) groups excluding carboxylic acids is 1. The predicted octanol–water partition coefficient (Wildman–Crippen LogP) is 5.77. The van der Waals surface area contributed by atoms with Gasteiger partial charge in [-0.05, 0) is 68.2 Å². The molecule has 3 aromatic carbocycles. The lowest BCUT2D eigenvalue weighted by Crippen LogP contribution is -2.37. The maximum Gasteiger partial charge on any atom is 0.280 e. The lowest BCUT2D eigenvalue weighted by Gasteiger charge is -2.29. The van der Waals surface area contributed by atoms with Crippen molar-refractivity contribution >= 4 is 33.4 Å². The molecule has 0 aliphatic carbocycles. The van der Waals surface area contributed by atoms with Crippen LogP contribution in [0.1, 0.15) is 32.3 Å². The number of hydrogen-bond acceptors (Lipinski definition) is 5. The molecule has 0 atom stereocenters. The summed E-state index contributed by atoms with van der Waals surface area (Å²) in [7, 11) is -3.65. The zero-order valence-corrected chi connectivity index (χ0v) is 23.8. The molecule has 0 N–H and O–H groups in total. The third-order valence-corrected chi connectivity index (χ3v) is 9.51. The molecule has 4 aromatic rings. The van der Waals surface area contributed by atoms with Crippen LogP contribution < -0.4 is 5.01 Å². The maximum absolute atomic E-state index is 13.5. The molecule has 3 heterocycles. The SMILES string of the molecule is CC1=NN(c2ccccc2)C(=O)/C1=C\c1cn(-c2ccccc2)nc1-c1cccc(S(=O)(=O)N2CCC(C)CC2)c1. The van der Waals surface area contributed by atoms with E-state index in [-0.39, 0.29) is 10.8 Å². The van der Waals surface area contributed by atoms with Gasteiger partial charge in [-0.25, -0.2) is 13.1 Å². The van der Waals surface area contributed by atoms with Crippen LogP contribution in [0.5, 0.6) is 0 Å². The molecular formula is C32H31N5O3S.